The molecule has 3 aromatic heterocycles. The fourth-order valence-corrected chi connectivity index (χ4v) is 4.83. The van der Waals surface area contributed by atoms with Crippen molar-refractivity contribution in [1.82, 2.24) is 19.9 Å². The van der Waals surface area contributed by atoms with Gasteiger partial charge in [0.1, 0.15) is 0 Å². The van der Waals surface area contributed by atoms with Crippen molar-refractivity contribution in [3.05, 3.63) is 88.8 Å². The molecule has 5 rings (SSSR count). The average Bonchev–Trinajstić information content (AvgIpc) is 3.22. The van der Waals surface area contributed by atoms with Crippen LogP contribution in [0.3, 0.4) is 0 Å². The minimum atomic E-state index is 0.770. The highest BCUT2D eigenvalue weighted by Crippen LogP contribution is 2.30. The standard InChI is InChI=1S/C24H22N4S/c1-17-4-2-5-18(12-17)23-8-7-21(29-23)16-28-11-9-22-20(15-28)14-26-24(27-22)19-6-3-10-25-13-19/h2-8,10,12-14H,9,11,15-16H2,1H3. The van der Waals surface area contributed by atoms with Crippen molar-refractivity contribution in [2.75, 3.05) is 6.54 Å². The van der Waals surface area contributed by atoms with Crippen molar-refractivity contribution >= 4 is 11.3 Å². The third kappa shape index (κ3) is 3.97. The number of hydrogen-bond donors (Lipinski definition) is 0. The van der Waals surface area contributed by atoms with Crippen LogP contribution in [0.5, 0.6) is 0 Å². The molecule has 1 aromatic carbocycles. The van der Waals surface area contributed by atoms with Crippen molar-refractivity contribution < 1.29 is 0 Å². The molecule has 0 radical (unpaired) electrons. The predicted molar refractivity (Wildman–Crippen MR) is 118 cm³/mol. The molecule has 4 nitrogen and oxygen atoms in total. The van der Waals surface area contributed by atoms with E-state index in [0.717, 1.165) is 37.4 Å². The van der Waals surface area contributed by atoms with Crippen LogP contribution < -0.4 is 0 Å². The molecule has 0 spiro atoms. The minimum absolute atomic E-state index is 0.770. The molecule has 1 aliphatic heterocycles. The van der Waals surface area contributed by atoms with E-state index >= 15 is 0 Å². The highest BCUT2D eigenvalue weighted by Gasteiger charge is 2.19. The summed E-state index contributed by atoms with van der Waals surface area (Å²) < 4.78 is 0. The highest BCUT2D eigenvalue weighted by molar-refractivity contribution is 7.15. The number of benzene rings is 1. The second-order valence-corrected chi connectivity index (χ2v) is 8.67. The van der Waals surface area contributed by atoms with Crippen LogP contribution in [-0.2, 0) is 19.5 Å². The minimum Gasteiger partial charge on any atom is -0.293 e. The van der Waals surface area contributed by atoms with E-state index in [9.17, 15) is 0 Å². The second kappa shape index (κ2) is 7.85. The summed E-state index contributed by atoms with van der Waals surface area (Å²) >= 11 is 1.89. The number of nitrogens with zero attached hydrogens (tertiary/aromatic N) is 4. The lowest BCUT2D eigenvalue weighted by Gasteiger charge is -2.27. The van der Waals surface area contributed by atoms with Gasteiger partial charge in [0.25, 0.3) is 0 Å². The van der Waals surface area contributed by atoms with Gasteiger partial charge in [-0.05, 0) is 36.8 Å². The molecule has 29 heavy (non-hydrogen) atoms. The SMILES string of the molecule is Cc1cccc(-c2ccc(CN3CCc4nc(-c5cccnc5)ncc4C3)s2)c1. The van der Waals surface area contributed by atoms with Gasteiger partial charge in [-0.15, -0.1) is 11.3 Å². The third-order valence-electron chi connectivity index (χ3n) is 5.28. The zero-order valence-corrected chi connectivity index (χ0v) is 17.2. The summed E-state index contributed by atoms with van der Waals surface area (Å²) in [5, 5.41) is 0. The molecule has 0 N–H and O–H groups in total. The van der Waals surface area contributed by atoms with E-state index in [2.05, 4.69) is 58.2 Å². The zero-order chi connectivity index (χ0) is 19.6. The second-order valence-electron chi connectivity index (χ2n) is 7.50. The number of pyridine rings is 1. The maximum atomic E-state index is 4.80. The summed E-state index contributed by atoms with van der Waals surface area (Å²) in [4.78, 5) is 18.8. The van der Waals surface area contributed by atoms with E-state index in [1.165, 1.54) is 32.1 Å². The Morgan fingerprint density at radius 2 is 1.97 bits per heavy atom. The van der Waals surface area contributed by atoms with E-state index < -0.39 is 0 Å². The Morgan fingerprint density at radius 1 is 1.03 bits per heavy atom. The van der Waals surface area contributed by atoms with Gasteiger partial charge in [-0.2, -0.15) is 0 Å². The molecule has 4 heterocycles. The van der Waals surface area contributed by atoms with Gasteiger partial charge in [-0.1, -0.05) is 29.8 Å². The first-order chi connectivity index (χ1) is 14.2. The van der Waals surface area contributed by atoms with Crippen LogP contribution in [0, 0.1) is 6.92 Å². The van der Waals surface area contributed by atoms with E-state index in [4.69, 9.17) is 4.98 Å². The van der Waals surface area contributed by atoms with E-state index in [0.29, 0.717) is 0 Å². The van der Waals surface area contributed by atoms with Crippen LogP contribution in [0.2, 0.25) is 0 Å². The van der Waals surface area contributed by atoms with Gasteiger partial charge in [-0.25, -0.2) is 9.97 Å². The van der Waals surface area contributed by atoms with Crippen molar-refractivity contribution in [2.45, 2.75) is 26.4 Å². The molecule has 0 saturated heterocycles. The van der Waals surface area contributed by atoms with Crippen LogP contribution in [0.4, 0.5) is 0 Å². The molecule has 0 saturated carbocycles. The lowest BCUT2D eigenvalue weighted by Crippen LogP contribution is -2.30. The van der Waals surface area contributed by atoms with Gasteiger partial charge in [0.2, 0.25) is 0 Å². The van der Waals surface area contributed by atoms with Crippen molar-refractivity contribution in [1.29, 1.82) is 0 Å². The Hall–Kier alpha value is -2.89. The highest BCUT2D eigenvalue weighted by atomic mass is 32.1. The van der Waals surface area contributed by atoms with E-state index in [1.807, 2.05) is 35.9 Å². The summed E-state index contributed by atoms with van der Waals surface area (Å²) in [6.45, 7) is 5.04. The van der Waals surface area contributed by atoms with Crippen molar-refractivity contribution in [3.8, 4) is 21.8 Å². The normalized spacial score (nSPS) is 14.0. The van der Waals surface area contributed by atoms with Gasteiger partial charge in [0.05, 0.1) is 5.69 Å². The first kappa shape index (κ1) is 18.2. The Balaban J connectivity index is 1.29. The summed E-state index contributed by atoms with van der Waals surface area (Å²) in [6.07, 6.45) is 6.54. The molecule has 0 amide bonds. The number of aromatic nitrogens is 3. The molecule has 144 valence electrons. The molecular weight excluding hydrogens is 376 g/mol. The van der Waals surface area contributed by atoms with Crippen molar-refractivity contribution in [2.24, 2.45) is 0 Å². The van der Waals surface area contributed by atoms with Gasteiger partial charge in [0.15, 0.2) is 5.82 Å². The molecule has 4 aromatic rings. The summed E-state index contributed by atoms with van der Waals surface area (Å²) in [5.41, 5.74) is 5.98. The molecule has 0 bridgehead atoms. The molecule has 0 unspecified atom stereocenters. The summed E-state index contributed by atoms with van der Waals surface area (Å²) in [5.74, 6) is 0.770. The average molecular weight is 399 g/mol. The molecular formula is C24H22N4S. The first-order valence-corrected chi connectivity index (χ1v) is 10.7. The molecule has 5 heteroatoms. The van der Waals surface area contributed by atoms with E-state index in [1.54, 1.807) is 6.20 Å². The van der Waals surface area contributed by atoms with Crippen LogP contribution in [0.1, 0.15) is 21.7 Å². The quantitative estimate of drug-likeness (QED) is 0.478. The summed E-state index contributed by atoms with van der Waals surface area (Å²) in [6, 6.07) is 17.2. The third-order valence-corrected chi connectivity index (χ3v) is 6.40. The zero-order valence-electron chi connectivity index (χ0n) is 16.4. The Bertz CT molecular complexity index is 1140. The molecule has 1 aliphatic rings. The largest absolute Gasteiger partial charge is 0.293 e. The van der Waals surface area contributed by atoms with Crippen LogP contribution in [0.15, 0.2) is 67.1 Å². The van der Waals surface area contributed by atoms with Crippen molar-refractivity contribution in [3.63, 3.8) is 0 Å². The monoisotopic (exact) mass is 398 g/mol. The smallest absolute Gasteiger partial charge is 0.160 e. The Labute approximate surface area is 174 Å². The van der Waals surface area contributed by atoms with Crippen LogP contribution in [-0.4, -0.2) is 26.4 Å². The fraction of sp³-hybridized carbons (Fsp3) is 0.208. The Kier molecular flexibility index (Phi) is 4.92. The number of aryl methyl sites for hydroxylation is 1. The summed E-state index contributed by atoms with van der Waals surface area (Å²) in [7, 11) is 0. The topological polar surface area (TPSA) is 41.9 Å². The van der Waals surface area contributed by atoms with Gasteiger partial charge < -0.3 is 0 Å². The van der Waals surface area contributed by atoms with Gasteiger partial charge in [0, 0.05) is 65.5 Å². The Morgan fingerprint density at radius 3 is 2.83 bits per heavy atom. The predicted octanol–water partition coefficient (Wildman–Crippen LogP) is 5.13. The molecule has 0 atom stereocenters. The number of hydrogen-bond acceptors (Lipinski definition) is 5. The number of thiophene rings is 1. The number of fused-ring (bicyclic) bond motifs is 1. The first-order valence-electron chi connectivity index (χ1n) is 9.88. The lowest BCUT2D eigenvalue weighted by molar-refractivity contribution is 0.245. The molecule has 0 aliphatic carbocycles. The maximum absolute atomic E-state index is 4.80. The van der Waals surface area contributed by atoms with Crippen LogP contribution in [0.25, 0.3) is 21.8 Å². The van der Waals surface area contributed by atoms with Gasteiger partial charge >= 0.3 is 0 Å². The van der Waals surface area contributed by atoms with E-state index in [-0.39, 0.29) is 0 Å². The number of rotatable bonds is 4. The maximum Gasteiger partial charge on any atom is 0.160 e. The fourth-order valence-electron chi connectivity index (χ4n) is 3.78. The van der Waals surface area contributed by atoms with Crippen LogP contribution >= 0.6 is 11.3 Å². The lowest BCUT2D eigenvalue weighted by atomic mass is 10.1. The molecule has 0 fully saturated rings. The van der Waals surface area contributed by atoms with Gasteiger partial charge in [-0.3, -0.25) is 9.88 Å².